The molecular formula is C25H28N4O4. The van der Waals surface area contributed by atoms with Crippen LogP contribution in [0.4, 0.5) is 17.2 Å². The second-order valence-electron chi connectivity index (χ2n) is 8.04. The number of methoxy groups -OCH3 is 1. The Morgan fingerprint density at radius 2 is 1.82 bits per heavy atom. The van der Waals surface area contributed by atoms with Gasteiger partial charge in [0.15, 0.2) is 0 Å². The predicted octanol–water partition coefficient (Wildman–Crippen LogP) is 4.01. The number of ether oxygens (including phenoxy) is 1. The van der Waals surface area contributed by atoms with Crippen molar-refractivity contribution in [2.24, 2.45) is 0 Å². The van der Waals surface area contributed by atoms with E-state index in [1.807, 2.05) is 25.1 Å². The van der Waals surface area contributed by atoms with E-state index in [4.69, 9.17) is 9.72 Å². The third-order valence-corrected chi connectivity index (χ3v) is 5.81. The summed E-state index contributed by atoms with van der Waals surface area (Å²) in [5.41, 5.74) is 2.44. The van der Waals surface area contributed by atoms with Gasteiger partial charge in [-0.3, -0.25) is 4.79 Å². The third-order valence-electron chi connectivity index (χ3n) is 5.81. The predicted molar refractivity (Wildman–Crippen MR) is 130 cm³/mol. The first-order chi connectivity index (χ1) is 16.0. The second-order valence-corrected chi connectivity index (χ2v) is 8.04. The van der Waals surface area contributed by atoms with Gasteiger partial charge >= 0.3 is 5.97 Å². The minimum Gasteiger partial charge on any atom is -0.497 e. The van der Waals surface area contributed by atoms with Gasteiger partial charge in [-0.25, -0.2) is 9.78 Å². The lowest BCUT2D eigenvalue weighted by atomic mass is 10.1. The molecule has 1 aromatic heterocycles. The summed E-state index contributed by atoms with van der Waals surface area (Å²) in [6, 6.07) is 14.8. The molecule has 0 radical (unpaired) electrons. The Balaban J connectivity index is 1.55. The van der Waals surface area contributed by atoms with E-state index in [0.717, 1.165) is 44.0 Å². The molecule has 1 aliphatic rings. The van der Waals surface area contributed by atoms with Crippen molar-refractivity contribution in [1.29, 1.82) is 0 Å². The zero-order valence-corrected chi connectivity index (χ0v) is 18.9. The van der Waals surface area contributed by atoms with Crippen molar-refractivity contribution in [3.63, 3.8) is 0 Å². The number of hydrogen-bond donors (Lipinski definition) is 2. The number of nitrogens with zero attached hydrogens (tertiary/aromatic N) is 3. The molecule has 0 aliphatic carbocycles. The van der Waals surface area contributed by atoms with Gasteiger partial charge < -0.3 is 25.0 Å². The molecule has 2 N–H and O–H groups in total. The minimum atomic E-state index is -1.02. The Kier molecular flexibility index (Phi) is 6.63. The molecule has 172 valence electrons. The summed E-state index contributed by atoms with van der Waals surface area (Å²) < 4.78 is 5.33. The van der Waals surface area contributed by atoms with E-state index in [0.29, 0.717) is 28.8 Å². The first-order valence-electron chi connectivity index (χ1n) is 11.1. The Labute approximate surface area is 192 Å². The smallest absolute Gasteiger partial charge is 0.336 e. The van der Waals surface area contributed by atoms with Crippen molar-refractivity contribution >= 4 is 40.0 Å². The molecule has 4 rings (SSSR count). The molecular weight excluding hydrogens is 420 g/mol. The van der Waals surface area contributed by atoms with E-state index in [1.165, 1.54) is 0 Å². The van der Waals surface area contributed by atoms with Crippen molar-refractivity contribution in [1.82, 2.24) is 4.98 Å². The fraction of sp³-hybridized carbons (Fsp3) is 0.320. The maximum Gasteiger partial charge on any atom is 0.336 e. The molecule has 8 heteroatoms. The van der Waals surface area contributed by atoms with Gasteiger partial charge in [0, 0.05) is 55.4 Å². The molecule has 1 amide bonds. The van der Waals surface area contributed by atoms with Crippen molar-refractivity contribution < 1.29 is 19.4 Å². The average molecular weight is 449 g/mol. The molecule has 1 fully saturated rings. The summed E-state index contributed by atoms with van der Waals surface area (Å²) in [5.74, 6) is 0.360. The van der Waals surface area contributed by atoms with Crippen molar-refractivity contribution in [3.05, 3.63) is 54.1 Å². The van der Waals surface area contributed by atoms with Crippen molar-refractivity contribution in [2.75, 3.05) is 48.4 Å². The van der Waals surface area contributed by atoms with E-state index < -0.39 is 5.97 Å². The van der Waals surface area contributed by atoms with Gasteiger partial charge in [-0.15, -0.1) is 0 Å². The lowest BCUT2D eigenvalue weighted by Crippen LogP contribution is -2.46. The molecule has 2 heterocycles. The molecule has 2 aromatic carbocycles. The lowest BCUT2D eigenvalue weighted by molar-refractivity contribution is -0.116. The number of anilines is 3. The topological polar surface area (TPSA) is 95.0 Å². The molecule has 1 aliphatic heterocycles. The quantitative estimate of drug-likeness (QED) is 0.564. The normalized spacial score (nSPS) is 13.8. The number of piperazine rings is 1. The standard InChI is InChI=1S/C25H28N4O4/c1-3-5-24(30)26-17-8-9-22-20(14-17)21(25(31)32)16-23(27-22)29-12-10-28(11-13-29)18-6-4-7-19(15-18)33-2/h4,6-9,14-16H,3,5,10-13H2,1-2H3,(H,26,30)(H,31,32). The highest BCUT2D eigenvalue weighted by Gasteiger charge is 2.21. The number of carboxylic acids is 1. The van der Waals surface area contributed by atoms with Crippen LogP contribution in [0, 0.1) is 0 Å². The highest BCUT2D eigenvalue weighted by molar-refractivity contribution is 6.05. The molecule has 0 unspecified atom stereocenters. The fourth-order valence-electron chi connectivity index (χ4n) is 4.08. The van der Waals surface area contributed by atoms with Crippen molar-refractivity contribution in [3.8, 4) is 5.75 Å². The fourth-order valence-corrected chi connectivity index (χ4v) is 4.08. The number of aromatic nitrogens is 1. The number of rotatable bonds is 7. The number of fused-ring (bicyclic) bond motifs is 1. The van der Waals surface area contributed by atoms with Crippen LogP contribution in [-0.2, 0) is 4.79 Å². The van der Waals surface area contributed by atoms with Crippen LogP contribution >= 0.6 is 0 Å². The van der Waals surface area contributed by atoms with Crippen LogP contribution in [0.3, 0.4) is 0 Å². The number of aromatic carboxylic acids is 1. The van der Waals surface area contributed by atoms with Crippen LogP contribution in [0.1, 0.15) is 30.1 Å². The number of nitrogens with one attached hydrogen (secondary N) is 1. The van der Waals surface area contributed by atoms with Crippen LogP contribution in [0.25, 0.3) is 10.9 Å². The van der Waals surface area contributed by atoms with Gasteiger partial charge in [-0.1, -0.05) is 13.0 Å². The van der Waals surface area contributed by atoms with Gasteiger partial charge in [-0.05, 0) is 42.8 Å². The molecule has 0 atom stereocenters. The van der Waals surface area contributed by atoms with Gasteiger partial charge in [0.2, 0.25) is 5.91 Å². The summed E-state index contributed by atoms with van der Waals surface area (Å²) in [7, 11) is 1.66. The summed E-state index contributed by atoms with van der Waals surface area (Å²) in [5, 5.41) is 13.2. The molecule has 0 bridgehead atoms. The Morgan fingerprint density at radius 1 is 1.06 bits per heavy atom. The Hall–Kier alpha value is -3.81. The highest BCUT2D eigenvalue weighted by atomic mass is 16.5. The molecule has 33 heavy (non-hydrogen) atoms. The van der Waals surface area contributed by atoms with E-state index >= 15 is 0 Å². The van der Waals surface area contributed by atoms with Gasteiger partial charge in [0.25, 0.3) is 0 Å². The Bertz CT molecular complexity index is 1170. The molecule has 3 aromatic rings. The average Bonchev–Trinajstić information content (AvgIpc) is 2.83. The first-order valence-corrected chi connectivity index (χ1v) is 11.1. The van der Waals surface area contributed by atoms with Crippen LogP contribution in [0.2, 0.25) is 0 Å². The monoisotopic (exact) mass is 448 g/mol. The zero-order chi connectivity index (χ0) is 23.4. The van der Waals surface area contributed by atoms with Crippen LogP contribution in [0.5, 0.6) is 5.75 Å². The first kappa shape index (κ1) is 22.4. The van der Waals surface area contributed by atoms with Gasteiger partial charge in [0.1, 0.15) is 11.6 Å². The minimum absolute atomic E-state index is 0.0905. The number of pyridine rings is 1. The summed E-state index contributed by atoms with van der Waals surface area (Å²) in [6.45, 7) is 4.96. The summed E-state index contributed by atoms with van der Waals surface area (Å²) in [4.78, 5) is 33.1. The van der Waals surface area contributed by atoms with E-state index in [-0.39, 0.29) is 11.5 Å². The van der Waals surface area contributed by atoms with E-state index in [2.05, 4.69) is 21.2 Å². The third kappa shape index (κ3) is 5.00. The largest absolute Gasteiger partial charge is 0.497 e. The number of carbonyl (C=O) groups is 2. The SMILES string of the molecule is CCCC(=O)Nc1ccc2nc(N3CCN(c4cccc(OC)c4)CC3)cc(C(=O)O)c2c1. The van der Waals surface area contributed by atoms with E-state index in [1.54, 1.807) is 31.4 Å². The zero-order valence-electron chi connectivity index (χ0n) is 18.9. The number of carbonyl (C=O) groups excluding carboxylic acids is 1. The number of amides is 1. The molecule has 0 spiro atoms. The number of hydrogen-bond acceptors (Lipinski definition) is 6. The van der Waals surface area contributed by atoms with E-state index in [9.17, 15) is 14.7 Å². The molecule has 1 saturated heterocycles. The summed E-state index contributed by atoms with van der Waals surface area (Å²) in [6.07, 6.45) is 1.17. The van der Waals surface area contributed by atoms with Crippen molar-refractivity contribution in [2.45, 2.75) is 19.8 Å². The van der Waals surface area contributed by atoms with Crippen LogP contribution < -0.4 is 19.9 Å². The maximum absolute atomic E-state index is 12.0. The van der Waals surface area contributed by atoms with Gasteiger partial charge in [0.05, 0.1) is 18.2 Å². The maximum atomic E-state index is 12.0. The molecule has 0 saturated carbocycles. The Morgan fingerprint density at radius 3 is 2.52 bits per heavy atom. The van der Waals surface area contributed by atoms with Gasteiger partial charge in [-0.2, -0.15) is 0 Å². The number of carboxylic acid groups (broad SMARTS) is 1. The second kappa shape index (κ2) is 9.77. The summed E-state index contributed by atoms with van der Waals surface area (Å²) >= 11 is 0. The number of benzene rings is 2. The van der Waals surface area contributed by atoms with Crippen LogP contribution in [0.15, 0.2) is 48.5 Å². The molecule has 8 nitrogen and oxygen atoms in total. The van der Waals surface area contributed by atoms with Crippen LogP contribution in [-0.4, -0.2) is 55.3 Å². The highest BCUT2D eigenvalue weighted by Crippen LogP contribution is 2.28. The lowest BCUT2D eigenvalue weighted by Gasteiger charge is -2.37.